The van der Waals surface area contributed by atoms with Crippen LogP contribution in [0.4, 0.5) is 8.78 Å². The summed E-state index contributed by atoms with van der Waals surface area (Å²) in [5, 5.41) is 15.3. The highest BCUT2D eigenvalue weighted by Gasteiger charge is 2.32. The number of aryl methyl sites for hydroxylation is 1. The zero-order chi connectivity index (χ0) is 24.9. The molecule has 3 aromatic rings. The lowest BCUT2D eigenvalue weighted by Crippen LogP contribution is -2.36. The zero-order valence-corrected chi connectivity index (χ0v) is 20.5. The van der Waals surface area contributed by atoms with Crippen LogP contribution in [0.25, 0.3) is 5.69 Å². The molecule has 0 aliphatic heterocycles. The molecule has 8 heteroatoms. The molecule has 0 amide bonds. The molecule has 1 fully saturated rings. The Hall–Kier alpha value is -2.81. The molecule has 1 heterocycles. The molecule has 1 aliphatic rings. The summed E-state index contributed by atoms with van der Waals surface area (Å²) in [4.78, 5) is 2.24. The minimum atomic E-state index is -0.608. The molecule has 1 aliphatic carbocycles. The number of rotatable bonds is 12. The second-order valence-corrected chi connectivity index (χ2v) is 9.56. The predicted molar refractivity (Wildman–Crippen MR) is 130 cm³/mol. The summed E-state index contributed by atoms with van der Waals surface area (Å²) in [5.41, 5.74) is 2.28. The van der Waals surface area contributed by atoms with E-state index in [9.17, 15) is 13.9 Å². The first kappa shape index (κ1) is 25.3. The Balaban J connectivity index is 1.60. The van der Waals surface area contributed by atoms with Gasteiger partial charge in [-0.25, -0.2) is 13.5 Å². The van der Waals surface area contributed by atoms with Crippen molar-refractivity contribution in [2.45, 2.75) is 52.3 Å². The van der Waals surface area contributed by atoms with Crippen LogP contribution in [0.5, 0.6) is 11.6 Å². The molecule has 0 saturated heterocycles. The molecule has 1 saturated carbocycles. The summed E-state index contributed by atoms with van der Waals surface area (Å²) in [7, 11) is 0. The average Bonchev–Trinajstić information content (AvgIpc) is 3.62. The van der Waals surface area contributed by atoms with Crippen molar-refractivity contribution in [2.75, 3.05) is 19.8 Å². The molecule has 2 aromatic carbocycles. The first-order chi connectivity index (χ1) is 16.8. The van der Waals surface area contributed by atoms with E-state index in [1.54, 1.807) is 28.9 Å². The molecule has 0 unspecified atom stereocenters. The Kier molecular flexibility index (Phi) is 8.15. The third-order valence-electron chi connectivity index (χ3n) is 5.87. The van der Waals surface area contributed by atoms with Gasteiger partial charge in [0.2, 0.25) is 5.88 Å². The van der Waals surface area contributed by atoms with Gasteiger partial charge in [0, 0.05) is 25.7 Å². The smallest absolute Gasteiger partial charge is 0.227 e. The van der Waals surface area contributed by atoms with Crippen LogP contribution >= 0.6 is 0 Å². The summed E-state index contributed by atoms with van der Waals surface area (Å²) in [6.45, 7) is 7.95. The molecule has 35 heavy (non-hydrogen) atoms. The van der Waals surface area contributed by atoms with Gasteiger partial charge in [-0.15, -0.1) is 0 Å². The van der Waals surface area contributed by atoms with Gasteiger partial charge in [0.25, 0.3) is 0 Å². The Bertz CT molecular complexity index is 1100. The molecular formula is C27H33F2N3O3. The van der Waals surface area contributed by atoms with Crippen molar-refractivity contribution in [1.29, 1.82) is 0 Å². The van der Waals surface area contributed by atoms with Gasteiger partial charge in [-0.05, 0) is 74.2 Å². The van der Waals surface area contributed by atoms with Crippen LogP contribution in [0.15, 0.2) is 48.5 Å². The van der Waals surface area contributed by atoms with E-state index in [2.05, 4.69) is 23.8 Å². The lowest BCUT2D eigenvalue weighted by molar-refractivity contribution is 0.00536. The van der Waals surface area contributed by atoms with Crippen molar-refractivity contribution < 1.29 is 23.4 Å². The number of halogens is 2. The Morgan fingerprint density at radius 3 is 2.26 bits per heavy atom. The topological polar surface area (TPSA) is 59.8 Å². The molecule has 1 N–H and O–H groups in total. The fourth-order valence-corrected chi connectivity index (χ4v) is 3.95. The van der Waals surface area contributed by atoms with Crippen molar-refractivity contribution in [3.8, 4) is 17.3 Å². The number of aliphatic hydroxyl groups excluding tert-OH is 1. The average molecular weight is 486 g/mol. The maximum absolute atomic E-state index is 13.6. The molecule has 0 bridgehead atoms. The summed E-state index contributed by atoms with van der Waals surface area (Å²) in [6.07, 6.45) is 1.53. The van der Waals surface area contributed by atoms with Crippen LogP contribution in [0.3, 0.4) is 0 Å². The van der Waals surface area contributed by atoms with Gasteiger partial charge in [-0.3, -0.25) is 4.90 Å². The van der Waals surface area contributed by atoms with Crippen LogP contribution in [-0.4, -0.2) is 51.7 Å². The minimum Gasteiger partial charge on any atom is -0.439 e. The van der Waals surface area contributed by atoms with Crippen LogP contribution < -0.4 is 4.74 Å². The fraction of sp³-hybridized carbons (Fsp3) is 0.444. The summed E-state index contributed by atoms with van der Waals surface area (Å²) in [6, 6.07) is 12.2. The van der Waals surface area contributed by atoms with E-state index in [1.165, 1.54) is 24.3 Å². The molecular weight excluding hydrogens is 452 g/mol. The van der Waals surface area contributed by atoms with Crippen molar-refractivity contribution >= 4 is 0 Å². The van der Waals surface area contributed by atoms with Crippen LogP contribution in [0, 0.1) is 24.5 Å². The molecule has 6 nitrogen and oxygen atoms in total. The Labute approximate surface area is 205 Å². The van der Waals surface area contributed by atoms with E-state index in [0.717, 1.165) is 24.1 Å². The number of benzene rings is 2. The second kappa shape index (κ2) is 11.3. The fourth-order valence-electron chi connectivity index (χ4n) is 3.95. The monoisotopic (exact) mass is 485 g/mol. The van der Waals surface area contributed by atoms with E-state index >= 15 is 0 Å². The molecule has 0 radical (unpaired) electrons. The van der Waals surface area contributed by atoms with Crippen LogP contribution in [0.1, 0.15) is 37.9 Å². The van der Waals surface area contributed by atoms with Crippen LogP contribution in [-0.2, 0) is 11.3 Å². The number of hydrogen-bond acceptors (Lipinski definition) is 5. The standard InChI is InChI=1S/C27H33F2N3O3/c1-18(2)16-34-17-24(33)14-31(22-10-11-22)15-26-19(3)30-32(23-8-4-20(28)5-9-23)27(26)35-25-12-6-21(29)7-13-25/h4-9,12-13,18,22,24,33H,10-11,14-17H2,1-3H3/t24-/m1/s1. The largest absolute Gasteiger partial charge is 0.439 e. The Morgan fingerprint density at radius 2 is 1.66 bits per heavy atom. The Morgan fingerprint density at radius 1 is 1.03 bits per heavy atom. The maximum Gasteiger partial charge on any atom is 0.227 e. The van der Waals surface area contributed by atoms with E-state index in [-0.39, 0.29) is 18.2 Å². The summed E-state index contributed by atoms with van der Waals surface area (Å²) >= 11 is 0. The number of ether oxygens (including phenoxy) is 2. The number of aliphatic hydroxyl groups is 1. The van der Waals surface area contributed by atoms with Crippen molar-refractivity contribution in [3.63, 3.8) is 0 Å². The quantitative estimate of drug-likeness (QED) is 0.380. The van der Waals surface area contributed by atoms with Gasteiger partial charge in [0.05, 0.1) is 29.7 Å². The zero-order valence-electron chi connectivity index (χ0n) is 20.5. The van der Waals surface area contributed by atoms with Crippen molar-refractivity contribution in [2.24, 2.45) is 5.92 Å². The molecule has 1 aromatic heterocycles. The van der Waals surface area contributed by atoms with Gasteiger partial charge < -0.3 is 14.6 Å². The predicted octanol–water partition coefficient (Wildman–Crippen LogP) is 5.25. The lowest BCUT2D eigenvalue weighted by atomic mass is 10.2. The molecule has 0 spiro atoms. The van der Waals surface area contributed by atoms with E-state index in [4.69, 9.17) is 9.47 Å². The lowest BCUT2D eigenvalue weighted by Gasteiger charge is -2.25. The number of hydrogen-bond donors (Lipinski definition) is 1. The SMILES string of the molecule is Cc1nn(-c2ccc(F)cc2)c(Oc2ccc(F)cc2)c1CN(C[C@@H](O)COCC(C)C)C1CC1. The van der Waals surface area contributed by atoms with Gasteiger partial charge in [0.15, 0.2) is 0 Å². The van der Waals surface area contributed by atoms with Gasteiger partial charge in [-0.2, -0.15) is 5.10 Å². The van der Waals surface area contributed by atoms with Crippen LogP contribution in [0.2, 0.25) is 0 Å². The van der Waals surface area contributed by atoms with Gasteiger partial charge in [-0.1, -0.05) is 13.8 Å². The molecule has 4 rings (SSSR count). The first-order valence-corrected chi connectivity index (χ1v) is 12.1. The first-order valence-electron chi connectivity index (χ1n) is 12.1. The highest BCUT2D eigenvalue weighted by Crippen LogP contribution is 2.35. The number of nitrogens with zero attached hydrogens (tertiary/aromatic N) is 3. The highest BCUT2D eigenvalue weighted by molar-refractivity contribution is 5.43. The van der Waals surface area contributed by atoms with Gasteiger partial charge >= 0.3 is 0 Å². The maximum atomic E-state index is 13.6. The van der Waals surface area contributed by atoms with Gasteiger partial charge in [0.1, 0.15) is 17.4 Å². The van der Waals surface area contributed by atoms with Crippen molar-refractivity contribution in [1.82, 2.24) is 14.7 Å². The third-order valence-corrected chi connectivity index (χ3v) is 5.87. The third kappa shape index (κ3) is 6.87. The van der Waals surface area contributed by atoms with E-state index in [1.807, 2.05) is 6.92 Å². The second-order valence-electron chi connectivity index (χ2n) is 9.56. The number of aromatic nitrogens is 2. The normalized spacial score (nSPS) is 14.6. The summed E-state index contributed by atoms with van der Waals surface area (Å²) < 4.78 is 40.5. The molecule has 1 atom stereocenters. The van der Waals surface area contributed by atoms with Crippen molar-refractivity contribution in [3.05, 3.63) is 71.4 Å². The van der Waals surface area contributed by atoms with E-state index < -0.39 is 6.10 Å². The molecule has 188 valence electrons. The minimum absolute atomic E-state index is 0.286. The summed E-state index contributed by atoms with van der Waals surface area (Å²) in [5.74, 6) is 0.669. The highest BCUT2D eigenvalue weighted by atomic mass is 19.1. The van der Waals surface area contributed by atoms with E-state index in [0.29, 0.717) is 49.0 Å².